The van der Waals surface area contributed by atoms with Crippen molar-refractivity contribution in [2.75, 3.05) is 47.5 Å². The van der Waals surface area contributed by atoms with E-state index in [1.54, 1.807) is 6.92 Å². The van der Waals surface area contributed by atoms with Crippen LogP contribution in [0.3, 0.4) is 0 Å². The van der Waals surface area contributed by atoms with Crippen molar-refractivity contribution >= 4 is 13.8 Å². The Morgan fingerprint density at radius 2 is 1.79 bits per heavy atom. The van der Waals surface area contributed by atoms with Crippen LogP contribution in [0.25, 0.3) is 0 Å². The van der Waals surface area contributed by atoms with Crippen molar-refractivity contribution in [1.29, 1.82) is 0 Å². The summed E-state index contributed by atoms with van der Waals surface area (Å²) in [5.41, 5.74) is 0. The molecule has 0 spiro atoms. The van der Waals surface area contributed by atoms with Crippen LogP contribution in [0.4, 0.5) is 0 Å². The molecule has 0 rings (SSSR count). The first-order valence-corrected chi connectivity index (χ1v) is 7.32. The largest absolute Gasteiger partial charge is 0.756 e. The van der Waals surface area contributed by atoms with Crippen LogP contribution in [0.1, 0.15) is 6.92 Å². The summed E-state index contributed by atoms with van der Waals surface area (Å²) in [5, 5.41) is 0. The first-order valence-electron chi connectivity index (χ1n) is 5.86. The zero-order valence-electron chi connectivity index (χ0n) is 11.8. The first-order chi connectivity index (χ1) is 8.66. The number of likely N-dealkylation sites (N-methyl/N-ethyl adjacent to an activating group) is 1. The molecule has 1 unspecified atom stereocenters. The zero-order valence-corrected chi connectivity index (χ0v) is 12.7. The molecule has 7 nitrogen and oxygen atoms in total. The number of rotatable bonds is 9. The van der Waals surface area contributed by atoms with Gasteiger partial charge in [0.15, 0.2) is 0 Å². The van der Waals surface area contributed by atoms with E-state index >= 15 is 0 Å². The predicted octanol–water partition coefficient (Wildman–Crippen LogP) is 0.314. The van der Waals surface area contributed by atoms with Gasteiger partial charge in [0.2, 0.25) is 0 Å². The van der Waals surface area contributed by atoms with E-state index < -0.39 is 13.8 Å². The molecule has 1 atom stereocenters. The van der Waals surface area contributed by atoms with Crippen LogP contribution >= 0.6 is 7.82 Å². The van der Waals surface area contributed by atoms with Gasteiger partial charge in [0.1, 0.15) is 19.8 Å². The van der Waals surface area contributed by atoms with Crippen LogP contribution in [0, 0.1) is 0 Å². The lowest BCUT2D eigenvalue weighted by molar-refractivity contribution is -0.870. The van der Waals surface area contributed by atoms with Gasteiger partial charge in [-0.2, -0.15) is 0 Å². The van der Waals surface area contributed by atoms with Crippen molar-refractivity contribution in [3.8, 4) is 0 Å². The van der Waals surface area contributed by atoms with Crippen molar-refractivity contribution in [3.63, 3.8) is 0 Å². The number of quaternary nitrogens is 1. The number of carbonyl (C=O) groups excluding carboxylic acids is 1. The Hall–Kier alpha value is -0.720. The number of hydrogen-bond donors (Lipinski definition) is 0. The van der Waals surface area contributed by atoms with Gasteiger partial charge in [-0.25, -0.2) is 4.79 Å². The molecule has 0 aromatic heterocycles. The molecule has 0 N–H and O–H groups in total. The number of ether oxygens (including phenoxy) is 1. The second kappa shape index (κ2) is 8.45. The number of phosphoric acid groups is 1. The quantitative estimate of drug-likeness (QED) is 0.200. The molecule has 0 aliphatic heterocycles. The predicted molar refractivity (Wildman–Crippen MR) is 68.2 cm³/mol. The second-order valence-corrected chi connectivity index (χ2v) is 6.21. The molecule has 0 amide bonds. The first kappa shape index (κ1) is 18.3. The number of hydrogen-bond acceptors (Lipinski definition) is 6. The molecule has 0 bridgehead atoms. The Bertz CT molecular complexity index is 350. The molecule has 0 saturated heterocycles. The van der Waals surface area contributed by atoms with E-state index in [2.05, 4.69) is 13.8 Å². The molecule has 8 heteroatoms. The average molecular weight is 295 g/mol. The lowest BCUT2D eigenvalue weighted by atomic mass is 10.5. The number of esters is 1. The highest BCUT2D eigenvalue weighted by Gasteiger charge is 2.13. The minimum absolute atomic E-state index is 0.0443. The summed E-state index contributed by atoms with van der Waals surface area (Å²) >= 11 is 0. The smallest absolute Gasteiger partial charge is 0.330 e. The highest BCUT2D eigenvalue weighted by atomic mass is 31.2. The molecule has 0 aromatic rings. The highest BCUT2D eigenvalue weighted by molar-refractivity contribution is 7.45. The third-order valence-corrected chi connectivity index (χ3v) is 2.89. The normalized spacial score (nSPS) is 15.4. The topological polar surface area (TPSA) is 84.9 Å². The Morgan fingerprint density at radius 3 is 2.32 bits per heavy atom. The molecule has 0 saturated carbocycles. The number of phosphoric ester groups is 1. The van der Waals surface area contributed by atoms with Crippen LogP contribution in [0.5, 0.6) is 0 Å². The fourth-order valence-electron chi connectivity index (χ4n) is 0.939. The highest BCUT2D eigenvalue weighted by Crippen LogP contribution is 2.37. The Balaban J connectivity index is 3.79. The monoisotopic (exact) mass is 295 g/mol. The second-order valence-electron chi connectivity index (χ2n) is 4.80. The number of carbonyl (C=O) groups is 1. The molecular weight excluding hydrogens is 273 g/mol. The molecule has 0 aliphatic rings. The molecular formula is C11H22NO6P. The Morgan fingerprint density at radius 1 is 1.21 bits per heavy atom. The SMILES string of the molecule is C/C=C/C(=O)OCCOP(=O)([O-])OCC[N+](C)(C)C. The molecule has 0 radical (unpaired) electrons. The fourth-order valence-corrected chi connectivity index (χ4v) is 1.62. The fraction of sp³-hybridized carbons (Fsp3) is 0.727. The summed E-state index contributed by atoms with van der Waals surface area (Å²) < 4.78 is 25.8. The van der Waals surface area contributed by atoms with Crippen molar-refractivity contribution in [1.82, 2.24) is 0 Å². The average Bonchev–Trinajstić information content (AvgIpc) is 2.22. The standard InChI is InChI=1S/C11H22NO6P/c1-5-6-11(13)16-9-10-18-19(14,15)17-8-7-12(2,3)4/h5-6H,7-10H2,1-4H3/b6-5+. The maximum Gasteiger partial charge on any atom is 0.330 e. The van der Waals surface area contributed by atoms with E-state index in [0.717, 1.165) is 0 Å². The minimum atomic E-state index is -4.32. The van der Waals surface area contributed by atoms with Gasteiger partial charge < -0.3 is 23.2 Å². The van der Waals surface area contributed by atoms with Crippen molar-refractivity contribution in [3.05, 3.63) is 12.2 Å². The third kappa shape index (κ3) is 12.1. The van der Waals surface area contributed by atoms with Gasteiger partial charge in [0.05, 0.1) is 27.7 Å². The van der Waals surface area contributed by atoms with Gasteiger partial charge in [-0.05, 0) is 6.92 Å². The van der Waals surface area contributed by atoms with Crippen molar-refractivity contribution in [2.45, 2.75) is 6.92 Å². The van der Waals surface area contributed by atoms with E-state index in [4.69, 9.17) is 0 Å². The van der Waals surface area contributed by atoms with Crippen LogP contribution in [0.15, 0.2) is 12.2 Å². The van der Waals surface area contributed by atoms with E-state index in [1.807, 2.05) is 21.1 Å². The summed E-state index contributed by atoms with van der Waals surface area (Å²) in [7, 11) is 1.43. The van der Waals surface area contributed by atoms with Gasteiger partial charge in [-0.1, -0.05) is 6.08 Å². The van der Waals surface area contributed by atoms with E-state index in [0.29, 0.717) is 11.0 Å². The van der Waals surface area contributed by atoms with Gasteiger partial charge in [-0.3, -0.25) is 4.57 Å². The van der Waals surface area contributed by atoms with Crippen LogP contribution in [-0.2, 0) is 23.1 Å². The summed E-state index contributed by atoms with van der Waals surface area (Å²) in [6.45, 7) is 1.85. The maximum atomic E-state index is 11.3. The summed E-state index contributed by atoms with van der Waals surface area (Å²) in [6, 6.07) is 0. The van der Waals surface area contributed by atoms with E-state index in [-0.39, 0.29) is 19.8 Å². The number of nitrogens with zero attached hydrogens (tertiary/aromatic N) is 1. The van der Waals surface area contributed by atoms with Gasteiger partial charge in [0.25, 0.3) is 7.82 Å². The van der Waals surface area contributed by atoms with Crippen LogP contribution in [-0.4, -0.2) is 58.0 Å². The van der Waals surface area contributed by atoms with Gasteiger partial charge in [-0.15, -0.1) is 0 Å². The molecule has 112 valence electrons. The number of allylic oxidation sites excluding steroid dienone is 1. The maximum absolute atomic E-state index is 11.3. The van der Waals surface area contributed by atoms with Crippen LogP contribution in [0.2, 0.25) is 0 Å². The molecule has 0 heterocycles. The minimum Gasteiger partial charge on any atom is -0.756 e. The van der Waals surface area contributed by atoms with Crippen molar-refractivity contribution < 1.29 is 32.5 Å². The van der Waals surface area contributed by atoms with Crippen molar-refractivity contribution in [2.24, 2.45) is 0 Å². The molecule has 0 aromatic carbocycles. The molecule has 19 heavy (non-hydrogen) atoms. The summed E-state index contributed by atoms with van der Waals surface area (Å²) in [4.78, 5) is 22.2. The molecule has 0 aliphatic carbocycles. The van der Waals surface area contributed by atoms with E-state index in [9.17, 15) is 14.3 Å². The Kier molecular flexibility index (Phi) is 8.13. The summed E-state index contributed by atoms with van der Waals surface area (Å²) in [5.74, 6) is -0.544. The zero-order chi connectivity index (χ0) is 14.9. The molecule has 0 fully saturated rings. The van der Waals surface area contributed by atoms with Gasteiger partial charge in [0, 0.05) is 6.08 Å². The lowest BCUT2D eigenvalue weighted by Crippen LogP contribution is -2.37. The van der Waals surface area contributed by atoms with Gasteiger partial charge >= 0.3 is 5.97 Å². The summed E-state index contributed by atoms with van der Waals surface area (Å²) in [6.07, 6.45) is 2.75. The Labute approximate surface area is 114 Å². The van der Waals surface area contributed by atoms with E-state index in [1.165, 1.54) is 12.2 Å². The van der Waals surface area contributed by atoms with Crippen LogP contribution < -0.4 is 4.89 Å². The lowest BCUT2D eigenvalue weighted by Gasteiger charge is -2.27. The third-order valence-electron chi connectivity index (χ3n) is 1.89.